The van der Waals surface area contributed by atoms with Gasteiger partial charge in [0, 0.05) is 44.3 Å². The Morgan fingerprint density at radius 3 is 2.29 bits per heavy atom. The van der Waals surface area contributed by atoms with Crippen LogP contribution in [0.2, 0.25) is 0 Å². The number of ether oxygens (including phenoxy) is 3. The molecule has 0 radical (unpaired) electrons. The molecule has 8 heteroatoms. The number of piperidine rings is 1. The number of rotatable bonds is 6. The van der Waals surface area contributed by atoms with Gasteiger partial charge in [0.2, 0.25) is 0 Å². The topological polar surface area (TPSA) is 94.2 Å². The largest absolute Gasteiger partial charge is 0.459 e. The average molecular weight is 469 g/mol. The monoisotopic (exact) mass is 468 g/mol. The fraction of sp³-hybridized carbons (Fsp3) is 0.423. The molecule has 1 N–H and O–H groups in total. The zero-order chi connectivity index (χ0) is 24.7. The molecule has 1 heterocycles. The number of likely N-dealkylation sites (tertiary alicyclic amines) is 1. The summed E-state index contributed by atoms with van der Waals surface area (Å²) >= 11 is 0. The van der Waals surface area contributed by atoms with Crippen molar-refractivity contribution in [2.45, 2.75) is 51.9 Å². The van der Waals surface area contributed by atoms with Crippen LogP contribution in [-0.4, -0.2) is 54.8 Å². The summed E-state index contributed by atoms with van der Waals surface area (Å²) in [5.41, 5.74) is 1.86. The smallest absolute Gasteiger partial charge is 0.410 e. The van der Waals surface area contributed by atoms with Crippen molar-refractivity contribution < 1.29 is 28.6 Å². The summed E-state index contributed by atoms with van der Waals surface area (Å²) in [7, 11) is 1.60. The van der Waals surface area contributed by atoms with Crippen LogP contribution < -0.4 is 5.32 Å². The Bertz CT molecular complexity index is 1000. The number of carbonyl (C=O) groups is 3. The van der Waals surface area contributed by atoms with Crippen LogP contribution in [0.25, 0.3) is 0 Å². The second-order valence-electron chi connectivity index (χ2n) is 9.24. The van der Waals surface area contributed by atoms with E-state index in [1.807, 2.05) is 26.8 Å². The van der Waals surface area contributed by atoms with Crippen molar-refractivity contribution in [1.82, 2.24) is 4.90 Å². The summed E-state index contributed by atoms with van der Waals surface area (Å²) < 4.78 is 16.1. The minimum absolute atomic E-state index is 0.245. The number of esters is 1. The lowest BCUT2D eigenvalue weighted by molar-refractivity contribution is -0.00341. The van der Waals surface area contributed by atoms with Crippen molar-refractivity contribution in [3.8, 4) is 0 Å². The Morgan fingerprint density at radius 2 is 1.68 bits per heavy atom. The molecule has 1 aliphatic rings. The van der Waals surface area contributed by atoms with E-state index in [2.05, 4.69) is 5.32 Å². The quantitative estimate of drug-likeness (QED) is 0.621. The van der Waals surface area contributed by atoms with E-state index in [1.165, 1.54) is 0 Å². The molecule has 34 heavy (non-hydrogen) atoms. The first-order chi connectivity index (χ1) is 16.1. The second-order valence-corrected chi connectivity index (χ2v) is 9.24. The SMILES string of the molecule is COCc1cccc(C(=O)Nc2ccc(C(=O)OC3CCN(C(=O)OC(C)(C)C)CC3)cc2)c1. The zero-order valence-corrected chi connectivity index (χ0v) is 20.1. The number of hydrogen-bond donors (Lipinski definition) is 1. The van der Waals surface area contributed by atoms with Gasteiger partial charge in [-0.05, 0) is 62.7 Å². The minimum atomic E-state index is -0.542. The minimum Gasteiger partial charge on any atom is -0.459 e. The van der Waals surface area contributed by atoms with Gasteiger partial charge < -0.3 is 24.4 Å². The molecule has 8 nitrogen and oxygen atoms in total. The summed E-state index contributed by atoms with van der Waals surface area (Å²) in [5, 5.41) is 2.83. The van der Waals surface area contributed by atoms with Gasteiger partial charge in [-0.15, -0.1) is 0 Å². The first-order valence-corrected chi connectivity index (χ1v) is 11.3. The van der Waals surface area contributed by atoms with E-state index in [0.29, 0.717) is 49.4 Å². The maximum atomic E-state index is 12.5. The normalized spacial score (nSPS) is 14.4. The van der Waals surface area contributed by atoms with Crippen molar-refractivity contribution in [1.29, 1.82) is 0 Å². The molecule has 1 saturated heterocycles. The lowest BCUT2D eigenvalue weighted by atomic mass is 10.1. The molecule has 182 valence electrons. The van der Waals surface area contributed by atoms with Crippen LogP contribution in [0.5, 0.6) is 0 Å². The molecule has 2 amide bonds. The molecule has 0 aromatic heterocycles. The highest BCUT2D eigenvalue weighted by atomic mass is 16.6. The Morgan fingerprint density at radius 1 is 1.00 bits per heavy atom. The molecule has 0 aliphatic carbocycles. The number of methoxy groups -OCH3 is 1. The number of anilines is 1. The summed E-state index contributed by atoms with van der Waals surface area (Å²) in [4.78, 5) is 38.9. The van der Waals surface area contributed by atoms with Gasteiger partial charge in [0.1, 0.15) is 11.7 Å². The molecule has 0 saturated carbocycles. The van der Waals surface area contributed by atoms with E-state index in [1.54, 1.807) is 54.5 Å². The lowest BCUT2D eigenvalue weighted by Crippen LogP contribution is -2.43. The van der Waals surface area contributed by atoms with Crippen LogP contribution in [0.4, 0.5) is 10.5 Å². The molecule has 2 aromatic carbocycles. The van der Waals surface area contributed by atoms with E-state index in [0.717, 1.165) is 5.56 Å². The fourth-order valence-electron chi connectivity index (χ4n) is 3.56. The van der Waals surface area contributed by atoms with Gasteiger partial charge in [0.25, 0.3) is 5.91 Å². The first-order valence-electron chi connectivity index (χ1n) is 11.3. The number of amides is 2. The maximum Gasteiger partial charge on any atom is 0.410 e. The summed E-state index contributed by atoms with van der Waals surface area (Å²) in [6.07, 6.45) is 0.507. The van der Waals surface area contributed by atoms with Crippen molar-refractivity contribution in [3.63, 3.8) is 0 Å². The van der Waals surface area contributed by atoms with Crippen LogP contribution in [0.15, 0.2) is 48.5 Å². The molecule has 3 rings (SSSR count). The summed E-state index contributed by atoms with van der Waals surface area (Å²) in [6.45, 7) is 6.87. The Balaban J connectivity index is 1.49. The molecule has 0 bridgehead atoms. The molecule has 1 fully saturated rings. The third-order valence-electron chi connectivity index (χ3n) is 5.25. The number of benzene rings is 2. The van der Waals surface area contributed by atoms with Crippen LogP contribution in [0.1, 0.15) is 59.9 Å². The van der Waals surface area contributed by atoms with E-state index >= 15 is 0 Å². The number of nitrogens with zero attached hydrogens (tertiary/aromatic N) is 1. The van der Waals surface area contributed by atoms with Gasteiger partial charge in [0.15, 0.2) is 0 Å². The molecule has 1 aliphatic heterocycles. The van der Waals surface area contributed by atoms with Gasteiger partial charge in [0.05, 0.1) is 12.2 Å². The third kappa shape index (κ3) is 7.31. The fourth-order valence-corrected chi connectivity index (χ4v) is 3.56. The van der Waals surface area contributed by atoms with Crippen LogP contribution in [0.3, 0.4) is 0 Å². The van der Waals surface area contributed by atoms with Crippen LogP contribution in [0, 0.1) is 0 Å². The molecule has 0 atom stereocenters. The zero-order valence-electron chi connectivity index (χ0n) is 20.1. The Kier molecular flexibility index (Phi) is 8.28. The molecule has 0 spiro atoms. The third-order valence-corrected chi connectivity index (χ3v) is 5.25. The van der Waals surface area contributed by atoms with E-state index in [4.69, 9.17) is 14.2 Å². The molecule has 2 aromatic rings. The predicted octanol–water partition coefficient (Wildman–Crippen LogP) is 4.64. The lowest BCUT2D eigenvalue weighted by Gasteiger charge is -2.33. The Labute approximate surface area is 200 Å². The standard InChI is InChI=1S/C26H32N2O6/c1-26(2,3)34-25(31)28-14-12-22(13-15-28)33-24(30)19-8-10-21(11-9-19)27-23(29)20-7-5-6-18(16-20)17-32-4/h5-11,16,22H,12-15,17H2,1-4H3,(H,27,29). The molecule has 0 unspecified atom stereocenters. The first kappa shape index (κ1) is 25.2. The highest BCUT2D eigenvalue weighted by Gasteiger charge is 2.28. The van der Waals surface area contributed by atoms with E-state index in [9.17, 15) is 14.4 Å². The number of nitrogens with one attached hydrogen (secondary N) is 1. The molecular formula is C26H32N2O6. The highest BCUT2D eigenvalue weighted by molar-refractivity contribution is 6.04. The van der Waals surface area contributed by atoms with E-state index in [-0.39, 0.29) is 18.1 Å². The summed E-state index contributed by atoms with van der Waals surface area (Å²) in [5.74, 6) is -0.675. The van der Waals surface area contributed by atoms with Gasteiger partial charge in [-0.1, -0.05) is 12.1 Å². The van der Waals surface area contributed by atoms with Crippen molar-refractivity contribution >= 4 is 23.7 Å². The van der Waals surface area contributed by atoms with Crippen molar-refractivity contribution in [2.75, 3.05) is 25.5 Å². The van der Waals surface area contributed by atoms with Crippen molar-refractivity contribution in [3.05, 3.63) is 65.2 Å². The number of carbonyl (C=O) groups excluding carboxylic acids is 3. The summed E-state index contributed by atoms with van der Waals surface area (Å²) in [6, 6.07) is 13.8. The van der Waals surface area contributed by atoms with Gasteiger partial charge >= 0.3 is 12.1 Å². The Hall–Kier alpha value is -3.39. The van der Waals surface area contributed by atoms with Crippen LogP contribution in [-0.2, 0) is 20.8 Å². The van der Waals surface area contributed by atoms with Crippen molar-refractivity contribution in [2.24, 2.45) is 0 Å². The maximum absolute atomic E-state index is 12.5. The number of hydrogen-bond acceptors (Lipinski definition) is 6. The predicted molar refractivity (Wildman–Crippen MR) is 128 cm³/mol. The van der Waals surface area contributed by atoms with Gasteiger partial charge in [-0.2, -0.15) is 0 Å². The van der Waals surface area contributed by atoms with E-state index < -0.39 is 11.6 Å². The average Bonchev–Trinajstić information content (AvgIpc) is 2.79. The highest BCUT2D eigenvalue weighted by Crippen LogP contribution is 2.19. The molecular weight excluding hydrogens is 436 g/mol. The van der Waals surface area contributed by atoms with Gasteiger partial charge in [-0.3, -0.25) is 4.79 Å². The van der Waals surface area contributed by atoms with Gasteiger partial charge in [-0.25, -0.2) is 9.59 Å². The van der Waals surface area contributed by atoms with Crippen LogP contribution >= 0.6 is 0 Å². The second kappa shape index (κ2) is 11.2.